The molecular formula is C15H21F2NO3. The van der Waals surface area contributed by atoms with Gasteiger partial charge >= 0.3 is 6.61 Å². The van der Waals surface area contributed by atoms with E-state index in [4.69, 9.17) is 5.11 Å². The molecule has 2 N–H and O–H groups in total. The van der Waals surface area contributed by atoms with Crippen molar-refractivity contribution in [3.63, 3.8) is 0 Å². The number of halogens is 2. The predicted octanol–water partition coefficient (Wildman–Crippen LogP) is 2.50. The lowest BCUT2D eigenvalue weighted by molar-refractivity contribution is -0.120. The summed E-state index contributed by atoms with van der Waals surface area (Å²) in [6, 6.07) is 6.03. The van der Waals surface area contributed by atoms with Gasteiger partial charge in [0.25, 0.3) is 0 Å². The van der Waals surface area contributed by atoms with Crippen LogP contribution < -0.4 is 10.1 Å². The minimum Gasteiger partial charge on any atom is -0.435 e. The van der Waals surface area contributed by atoms with Gasteiger partial charge in [0.05, 0.1) is 6.42 Å². The van der Waals surface area contributed by atoms with E-state index in [0.717, 1.165) is 31.2 Å². The van der Waals surface area contributed by atoms with Gasteiger partial charge in [0.1, 0.15) is 5.75 Å². The molecule has 0 spiro atoms. The van der Waals surface area contributed by atoms with Crippen LogP contribution in [0.15, 0.2) is 24.3 Å². The molecule has 0 fully saturated rings. The lowest BCUT2D eigenvalue weighted by Gasteiger charge is -2.07. The summed E-state index contributed by atoms with van der Waals surface area (Å²) in [5.41, 5.74) is 0.745. The van der Waals surface area contributed by atoms with Crippen LogP contribution in [0.25, 0.3) is 0 Å². The van der Waals surface area contributed by atoms with Crippen LogP contribution in [0.4, 0.5) is 8.78 Å². The van der Waals surface area contributed by atoms with Crippen LogP contribution in [-0.2, 0) is 11.2 Å². The largest absolute Gasteiger partial charge is 0.435 e. The number of carbonyl (C=O) groups excluding carboxylic acids is 1. The summed E-state index contributed by atoms with van der Waals surface area (Å²) in [5, 5.41) is 11.4. The van der Waals surface area contributed by atoms with Crippen molar-refractivity contribution in [1.29, 1.82) is 0 Å². The van der Waals surface area contributed by atoms with E-state index in [2.05, 4.69) is 10.1 Å². The fraction of sp³-hybridized carbons (Fsp3) is 0.533. The second-order valence-electron chi connectivity index (χ2n) is 4.69. The highest BCUT2D eigenvalue weighted by Crippen LogP contribution is 2.15. The number of benzene rings is 1. The molecule has 0 aliphatic carbocycles. The van der Waals surface area contributed by atoms with Crippen molar-refractivity contribution in [3.05, 3.63) is 29.8 Å². The number of carbonyl (C=O) groups is 1. The molecule has 0 unspecified atom stereocenters. The normalized spacial score (nSPS) is 10.7. The van der Waals surface area contributed by atoms with Gasteiger partial charge in [-0.15, -0.1) is 0 Å². The topological polar surface area (TPSA) is 58.6 Å². The average molecular weight is 301 g/mol. The summed E-state index contributed by atoms with van der Waals surface area (Å²) in [5.74, 6) is -0.0160. The van der Waals surface area contributed by atoms with E-state index >= 15 is 0 Å². The highest BCUT2D eigenvalue weighted by molar-refractivity contribution is 5.78. The molecule has 1 rings (SSSR count). The molecule has 0 saturated carbocycles. The Bertz CT molecular complexity index is 410. The third-order valence-corrected chi connectivity index (χ3v) is 2.92. The van der Waals surface area contributed by atoms with Gasteiger partial charge in [-0.05, 0) is 30.5 Å². The number of alkyl halides is 2. The maximum Gasteiger partial charge on any atom is 0.387 e. The highest BCUT2D eigenvalue weighted by atomic mass is 19.3. The minimum atomic E-state index is -2.84. The standard InChI is InChI=1S/C15H21F2NO3/c16-15(17)21-13-7-5-12(6-8-13)11-14(20)18-9-3-1-2-4-10-19/h5-8,15,19H,1-4,9-11H2,(H,18,20). The van der Waals surface area contributed by atoms with Crippen LogP contribution in [0, 0.1) is 0 Å². The Morgan fingerprint density at radius 2 is 1.81 bits per heavy atom. The smallest absolute Gasteiger partial charge is 0.387 e. The molecule has 0 saturated heterocycles. The van der Waals surface area contributed by atoms with Crippen LogP contribution in [0.3, 0.4) is 0 Å². The second-order valence-corrected chi connectivity index (χ2v) is 4.69. The number of nitrogens with one attached hydrogen (secondary N) is 1. The number of ether oxygens (including phenoxy) is 1. The van der Waals surface area contributed by atoms with Gasteiger partial charge in [-0.1, -0.05) is 25.0 Å². The Kier molecular flexibility index (Phi) is 8.35. The summed E-state index contributed by atoms with van der Waals surface area (Å²) in [6.07, 6.45) is 3.82. The van der Waals surface area contributed by atoms with Gasteiger partial charge in [0.2, 0.25) is 5.91 Å². The lowest BCUT2D eigenvalue weighted by Crippen LogP contribution is -2.26. The second kappa shape index (κ2) is 10.1. The zero-order valence-corrected chi connectivity index (χ0v) is 11.9. The van der Waals surface area contributed by atoms with Crippen LogP contribution in [0.2, 0.25) is 0 Å². The van der Waals surface area contributed by atoms with E-state index in [1.54, 1.807) is 12.1 Å². The number of hydrogen-bond acceptors (Lipinski definition) is 3. The highest BCUT2D eigenvalue weighted by Gasteiger charge is 2.06. The fourth-order valence-electron chi connectivity index (χ4n) is 1.85. The third kappa shape index (κ3) is 8.24. The van der Waals surface area contributed by atoms with Crippen molar-refractivity contribution < 1.29 is 23.4 Å². The Morgan fingerprint density at radius 3 is 2.43 bits per heavy atom. The third-order valence-electron chi connectivity index (χ3n) is 2.92. The molecule has 0 radical (unpaired) electrons. The first-order chi connectivity index (χ1) is 10.1. The Labute approximate surface area is 123 Å². The number of hydrogen-bond donors (Lipinski definition) is 2. The number of aliphatic hydroxyl groups excluding tert-OH is 1. The van der Waals surface area contributed by atoms with Crippen molar-refractivity contribution in [2.45, 2.75) is 38.7 Å². The first-order valence-electron chi connectivity index (χ1n) is 7.03. The summed E-state index contributed by atoms with van der Waals surface area (Å²) >= 11 is 0. The van der Waals surface area contributed by atoms with Crippen molar-refractivity contribution in [2.24, 2.45) is 0 Å². The van der Waals surface area contributed by atoms with Crippen LogP contribution >= 0.6 is 0 Å². The molecule has 0 aromatic heterocycles. The van der Waals surface area contributed by atoms with E-state index in [9.17, 15) is 13.6 Å². The van der Waals surface area contributed by atoms with Crippen molar-refractivity contribution in [1.82, 2.24) is 5.32 Å². The lowest BCUT2D eigenvalue weighted by atomic mass is 10.1. The number of aliphatic hydroxyl groups is 1. The molecule has 1 aromatic rings. The van der Waals surface area contributed by atoms with Crippen LogP contribution in [0.5, 0.6) is 5.75 Å². The van der Waals surface area contributed by atoms with Gasteiger partial charge in [-0.25, -0.2) is 0 Å². The Hall–Kier alpha value is -1.69. The zero-order valence-electron chi connectivity index (χ0n) is 11.9. The molecule has 118 valence electrons. The summed E-state index contributed by atoms with van der Waals surface area (Å²) in [4.78, 5) is 11.7. The molecule has 6 heteroatoms. The monoisotopic (exact) mass is 301 g/mol. The maximum absolute atomic E-state index is 12.0. The summed E-state index contributed by atoms with van der Waals surface area (Å²) < 4.78 is 28.2. The molecule has 0 aliphatic heterocycles. The summed E-state index contributed by atoms with van der Waals surface area (Å²) in [7, 11) is 0. The van der Waals surface area contributed by atoms with E-state index in [1.807, 2.05) is 0 Å². The van der Waals surface area contributed by atoms with E-state index in [0.29, 0.717) is 6.54 Å². The quantitative estimate of drug-likeness (QED) is 0.653. The summed E-state index contributed by atoms with van der Waals surface area (Å²) in [6.45, 7) is -2.03. The van der Waals surface area contributed by atoms with Gasteiger partial charge in [0.15, 0.2) is 0 Å². The van der Waals surface area contributed by atoms with Gasteiger partial charge in [-0.2, -0.15) is 8.78 Å². The molecule has 4 nitrogen and oxygen atoms in total. The number of amides is 1. The van der Waals surface area contributed by atoms with Crippen molar-refractivity contribution >= 4 is 5.91 Å². The molecule has 1 aromatic carbocycles. The van der Waals surface area contributed by atoms with E-state index in [-0.39, 0.29) is 24.7 Å². The van der Waals surface area contributed by atoms with E-state index in [1.165, 1.54) is 12.1 Å². The fourth-order valence-corrected chi connectivity index (χ4v) is 1.85. The molecule has 1 amide bonds. The van der Waals surface area contributed by atoms with Gasteiger partial charge in [-0.3, -0.25) is 4.79 Å². The molecule has 0 aliphatic rings. The number of rotatable bonds is 10. The van der Waals surface area contributed by atoms with Gasteiger partial charge in [0, 0.05) is 13.2 Å². The molecule has 21 heavy (non-hydrogen) atoms. The zero-order chi connectivity index (χ0) is 15.5. The van der Waals surface area contributed by atoms with Crippen LogP contribution in [-0.4, -0.2) is 30.8 Å². The molecule has 0 atom stereocenters. The van der Waals surface area contributed by atoms with Crippen molar-refractivity contribution in [2.75, 3.05) is 13.2 Å². The molecule has 0 heterocycles. The molecule has 0 bridgehead atoms. The minimum absolute atomic E-state index is 0.0815. The Morgan fingerprint density at radius 1 is 1.14 bits per heavy atom. The maximum atomic E-state index is 12.0. The first-order valence-corrected chi connectivity index (χ1v) is 7.03. The molecular weight excluding hydrogens is 280 g/mol. The average Bonchev–Trinajstić information content (AvgIpc) is 2.44. The van der Waals surface area contributed by atoms with Gasteiger partial charge < -0.3 is 15.2 Å². The van der Waals surface area contributed by atoms with E-state index < -0.39 is 6.61 Å². The SMILES string of the molecule is O=C(Cc1ccc(OC(F)F)cc1)NCCCCCCO. The first kappa shape index (κ1) is 17.4. The number of unbranched alkanes of at least 4 members (excludes halogenated alkanes) is 3. The van der Waals surface area contributed by atoms with Crippen LogP contribution in [0.1, 0.15) is 31.2 Å². The Balaban J connectivity index is 2.21. The van der Waals surface area contributed by atoms with Crippen molar-refractivity contribution in [3.8, 4) is 5.75 Å². The predicted molar refractivity (Wildman–Crippen MR) is 75.3 cm³/mol.